The van der Waals surface area contributed by atoms with Gasteiger partial charge in [0.2, 0.25) is 5.91 Å². The highest BCUT2D eigenvalue weighted by molar-refractivity contribution is 6.06. The van der Waals surface area contributed by atoms with E-state index < -0.39 is 42.5 Å². The molecule has 0 spiro atoms. The number of ether oxygens (including phenoxy) is 1. The summed E-state index contributed by atoms with van der Waals surface area (Å²) < 4.78 is 85.8. The first kappa shape index (κ1) is 27.1. The van der Waals surface area contributed by atoms with Crippen molar-refractivity contribution in [2.75, 3.05) is 6.61 Å². The Morgan fingerprint density at radius 3 is 2.17 bits per heavy atom. The van der Waals surface area contributed by atoms with Crippen LogP contribution in [0.5, 0.6) is 5.75 Å². The van der Waals surface area contributed by atoms with Crippen molar-refractivity contribution in [3.8, 4) is 5.75 Å². The molecule has 2 amide bonds. The van der Waals surface area contributed by atoms with E-state index in [0.717, 1.165) is 24.6 Å². The zero-order valence-corrected chi connectivity index (χ0v) is 19.4. The van der Waals surface area contributed by atoms with E-state index in [-0.39, 0.29) is 35.6 Å². The van der Waals surface area contributed by atoms with Gasteiger partial charge in [0.25, 0.3) is 5.91 Å². The van der Waals surface area contributed by atoms with Gasteiger partial charge >= 0.3 is 12.4 Å². The number of nitrogens with one attached hydrogen (secondary N) is 2. The van der Waals surface area contributed by atoms with Gasteiger partial charge < -0.3 is 15.4 Å². The number of amides is 2. The summed E-state index contributed by atoms with van der Waals surface area (Å²) in [7, 11) is 0. The SMILES string of the molecule is CC(=O)NC1=C(c2ccc(C)cc2)CC(c2ccc(OCCCC(F)(F)F)cc2)(C(F)(F)F)NC1=O. The fourth-order valence-corrected chi connectivity index (χ4v) is 3.91. The molecular weight excluding hydrogens is 490 g/mol. The number of carbonyl (C=O) groups excluding carboxylic acids is 2. The molecule has 2 N–H and O–H groups in total. The number of alkyl halides is 6. The minimum atomic E-state index is -4.94. The first-order valence-electron chi connectivity index (χ1n) is 11.0. The minimum absolute atomic E-state index is 0.0127. The maximum absolute atomic E-state index is 14.6. The van der Waals surface area contributed by atoms with Gasteiger partial charge in [0.1, 0.15) is 11.4 Å². The van der Waals surface area contributed by atoms with Crippen LogP contribution < -0.4 is 15.4 Å². The van der Waals surface area contributed by atoms with Crippen molar-refractivity contribution in [2.45, 2.75) is 51.0 Å². The van der Waals surface area contributed by atoms with Crippen molar-refractivity contribution in [1.82, 2.24) is 10.6 Å². The summed E-state index contributed by atoms with van der Waals surface area (Å²) in [6.45, 7) is 2.68. The molecule has 0 aliphatic carbocycles. The summed E-state index contributed by atoms with van der Waals surface area (Å²) in [5.74, 6) is -1.62. The molecule has 2 aromatic carbocycles. The van der Waals surface area contributed by atoms with Crippen LogP contribution in [0.4, 0.5) is 26.3 Å². The van der Waals surface area contributed by atoms with Crippen LogP contribution in [-0.2, 0) is 15.1 Å². The molecular formula is C25H24F6N2O3. The second kappa shape index (κ2) is 10.2. The van der Waals surface area contributed by atoms with E-state index in [1.54, 1.807) is 31.2 Å². The zero-order chi connectivity index (χ0) is 26.7. The molecule has 2 aromatic rings. The maximum atomic E-state index is 14.6. The molecule has 11 heteroatoms. The summed E-state index contributed by atoms with van der Waals surface area (Å²) in [5, 5.41) is 4.38. The number of hydrogen-bond acceptors (Lipinski definition) is 3. The Bertz CT molecular complexity index is 1140. The maximum Gasteiger partial charge on any atom is 0.416 e. The number of aryl methyl sites for hydroxylation is 1. The number of halogens is 6. The monoisotopic (exact) mass is 514 g/mol. The normalized spacial score (nSPS) is 18.6. The molecule has 36 heavy (non-hydrogen) atoms. The third-order valence-corrected chi connectivity index (χ3v) is 5.70. The summed E-state index contributed by atoms with van der Waals surface area (Å²) in [6, 6.07) is 11.2. The molecule has 0 fully saturated rings. The van der Waals surface area contributed by atoms with E-state index in [1.165, 1.54) is 12.1 Å². The molecule has 194 valence electrons. The highest BCUT2D eigenvalue weighted by atomic mass is 19.4. The van der Waals surface area contributed by atoms with E-state index in [4.69, 9.17) is 4.74 Å². The van der Waals surface area contributed by atoms with E-state index in [9.17, 15) is 35.9 Å². The third-order valence-electron chi connectivity index (χ3n) is 5.70. The van der Waals surface area contributed by atoms with Crippen LogP contribution in [-0.4, -0.2) is 30.8 Å². The highest BCUT2D eigenvalue weighted by Crippen LogP contribution is 2.48. The second-order valence-corrected chi connectivity index (χ2v) is 8.53. The molecule has 3 rings (SSSR count). The van der Waals surface area contributed by atoms with Gasteiger partial charge in [0, 0.05) is 19.8 Å². The topological polar surface area (TPSA) is 67.4 Å². The smallest absolute Gasteiger partial charge is 0.416 e. The van der Waals surface area contributed by atoms with Gasteiger partial charge in [-0.25, -0.2) is 0 Å². The molecule has 1 atom stereocenters. The van der Waals surface area contributed by atoms with Crippen LogP contribution in [0.1, 0.15) is 42.9 Å². The Morgan fingerprint density at radius 2 is 1.64 bits per heavy atom. The standard InChI is InChI=1S/C25H24F6N2O3/c1-15-4-6-17(7-5-15)20-14-23(25(29,30)31,33-22(35)21(20)32-16(2)34)18-8-10-19(11-9-18)36-13-3-12-24(26,27)28/h4-11H,3,12-14H2,1-2H3,(H,32,34)(H,33,35). The van der Waals surface area contributed by atoms with Crippen molar-refractivity contribution in [1.29, 1.82) is 0 Å². The van der Waals surface area contributed by atoms with E-state index >= 15 is 0 Å². The lowest BCUT2D eigenvalue weighted by Crippen LogP contribution is -2.60. The molecule has 0 aromatic heterocycles. The van der Waals surface area contributed by atoms with Gasteiger partial charge in [-0.1, -0.05) is 42.0 Å². The first-order chi connectivity index (χ1) is 16.7. The number of benzene rings is 2. The van der Waals surface area contributed by atoms with Crippen LogP contribution in [0, 0.1) is 6.92 Å². The fraction of sp³-hybridized carbons (Fsp3) is 0.360. The fourth-order valence-electron chi connectivity index (χ4n) is 3.91. The molecule has 1 aliphatic heterocycles. The summed E-state index contributed by atoms with van der Waals surface area (Å²) >= 11 is 0. The number of carbonyl (C=O) groups is 2. The highest BCUT2D eigenvalue weighted by Gasteiger charge is 2.59. The van der Waals surface area contributed by atoms with Crippen LogP contribution in [0.2, 0.25) is 0 Å². The molecule has 0 saturated heterocycles. The van der Waals surface area contributed by atoms with E-state index in [2.05, 4.69) is 5.32 Å². The van der Waals surface area contributed by atoms with Crippen molar-refractivity contribution in [2.24, 2.45) is 0 Å². The van der Waals surface area contributed by atoms with E-state index in [0.29, 0.717) is 5.56 Å². The molecule has 5 nitrogen and oxygen atoms in total. The van der Waals surface area contributed by atoms with Gasteiger partial charge in [-0.15, -0.1) is 0 Å². The largest absolute Gasteiger partial charge is 0.494 e. The van der Waals surface area contributed by atoms with Crippen molar-refractivity contribution in [3.05, 3.63) is 70.9 Å². The van der Waals surface area contributed by atoms with Gasteiger partial charge in [0.05, 0.1) is 6.61 Å². The average molecular weight is 514 g/mol. The van der Waals surface area contributed by atoms with Crippen molar-refractivity contribution >= 4 is 17.4 Å². The second-order valence-electron chi connectivity index (χ2n) is 8.53. The van der Waals surface area contributed by atoms with E-state index in [1.807, 2.05) is 5.32 Å². The molecule has 1 aliphatic rings. The quantitative estimate of drug-likeness (QED) is 0.377. The third kappa shape index (κ3) is 6.19. The zero-order valence-electron chi connectivity index (χ0n) is 19.4. The van der Waals surface area contributed by atoms with Crippen LogP contribution in [0.15, 0.2) is 54.2 Å². The molecule has 0 radical (unpaired) electrons. The molecule has 1 unspecified atom stereocenters. The van der Waals surface area contributed by atoms with Gasteiger partial charge in [-0.3, -0.25) is 9.59 Å². The average Bonchev–Trinajstić information content (AvgIpc) is 2.77. The van der Waals surface area contributed by atoms with Crippen LogP contribution in [0.25, 0.3) is 5.57 Å². The lowest BCUT2D eigenvalue weighted by molar-refractivity contribution is -0.201. The molecule has 0 saturated carbocycles. The van der Waals surface area contributed by atoms with Crippen LogP contribution in [0.3, 0.4) is 0 Å². The predicted octanol–water partition coefficient (Wildman–Crippen LogP) is 5.54. The van der Waals surface area contributed by atoms with Gasteiger partial charge in [-0.05, 0) is 42.2 Å². The summed E-state index contributed by atoms with van der Waals surface area (Å²) in [4.78, 5) is 24.6. The Hall–Kier alpha value is -3.50. The van der Waals surface area contributed by atoms with Crippen LogP contribution >= 0.6 is 0 Å². The van der Waals surface area contributed by atoms with Crippen molar-refractivity contribution < 1.29 is 40.7 Å². The number of rotatable bonds is 7. The minimum Gasteiger partial charge on any atom is -0.494 e. The Kier molecular flexibility index (Phi) is 7.70. The predicted molar refractivity (Wildman–Crippen MR) is 120 cm³/mol. The Balaban J connectivity index is 1.97. The first-order valence-corrected chi connectivity index (χ1v) is 11.0. The summed E-state index contributed by atoms with van der Waals surface area (Å²) in [6.07, 6.45) is -11.3. The van der Waals surface area contributed by atoms with Gasteiger partial charge in [0.15, 0.2) is 5.54 Å². The Labute approximate surface area is 203 Å². The van der Waals surface area contributed by atoms with Gasteiger partial charge in [-0.2, -0.15) is 26.3 Å². The Morgan fingerprint density at radius 1 is 1.03 bits per heavy atom. The lowest BCUT2D eigenvalue weighted by atomic mass is 9.77. The number of hydrogen-bond donors (Lipinski definition) is 2. The van der Waals surface area contributed by atoms with Crippen molar-refractivity contribution in [3.63, 3.8) is 0 Å². The lowest BCUT2D eigenvalue weighted by Gasteiger charge is -2.41. The summed E-state index contributed by atoms with van der Waals surface area (Å²) in [5.41, 5.74) is -2.17. The molecule has 1 heterocycles. The molecule has 0 bridgehead atoms.